The molecule has 1 amide bonds. The number of amides is 1. The zero-order valence-corrected chi connectivity index (χ0v) is 16.0. The number of ether oxygens (including phenoxy) is 1. The second-order valence-corrected chi connectivity index (χ2v) is 7.87. The van der Waals surface area contributed by atoms with Crippen molar-refractivity contribution < 1.29 is 9.53 Å². The number of anilines is 1. The smallest absolute Gasteiger partial charge is 0.266 e. The van der Waals surface area contributed by atoms with Crippen LogP contribution < -0.4 is 9.64 Å². The monoisotopic (exact) mass is 332 g/mol. The highest BCUT2D eigenvalue weighted by molar-refractivity contribution is 5.85. The number of hydrogen-bond donors (Lipinski definition) is 0. The van der Waals surface area contributed by atoms with Gasteiger partial charge in [0.1, 0.15) is 5.75 Å². The van der Waals surface area contributed by atoms with Gasteiger partial charge in [-0.2, -0.15) is 0 Å². The Balaban J connectivity index is 1.97. The minimum atomic E-state index is -0.843. The molecule has 1 aliphatic heterocycles. The maximum Gasteiger partial charge on any atom is 0.266 e. The predicted molar refractivity (Wildman–Crippen MR) is 99.6 cm³/mol. The van der Waals surface area contributed by atoms with Crippen molar-refractivity contribution in [1.29, 1.82) is 0 Å². The molecule has 4 nitrogen and oxygen atoms in total. The Morgan fingerprint density at radius 2 is 1.71 bits per heavy atom. The quantitative estimate of drug-likeness (QED) is 0.822. The van der Waals surface area contributed by atoms with Gasteiger partial charge in [-0.3, -0.25) is 4.79 Å². The minimum absolute atomic E-state index is 0.0846. The molecule has 24 heavy (non-hydrogen) atoms. The second kappa shape index (κ2) is 7.45. The van der Waals surface area contributed by atoms with Crippen LogP contribution in [0.1, 0.15) is 40.5 Å². The summed E-state index contributed by atoms with van der Waals surface area (Å²) in [5.41, 5.74) is 0.270. The fourth-order valence-electron chi connectivity index (χ4n) is 3.30. The molecule has 1 aliphatic rings. The van der Waals surface area contributed by atoms with Crippen LogP contribution in [-0.2, 0) is 4.79 Å². The minimum Gasteiger partial charge on any atom is -0.478 e. The molecule has 0 unspecified atom stereocenters. The fraction of sp³-hybridized carbons (Fsp3) is 0.650. The zero-order chi connectivity index (χ0) is 17.9. The zero-order valence-electron chi connectivity index (χ0n) is 16.0. The Morgan fingerprint density at radius 1 is 1.17 bits per heavy atom. The molecular weight excluding hydrogens is 300 g/mol. The van der Waals surface area contributed by atoms with Crippen LogP contribution in [0.2, 0.25) is 0 Å². The number of piperidine rings is 1. The van der Waals surface area contributed by atoms with Gasteiger partial charge in [-0.1, -0.05) is 13.8 Å². The molecule has 1 heterocycles. The SMILES string of the molecule is CC(C)C1CCN(C(=O)C(C)(C)Oc2ccc(N(C)C)cc2)CC1. The van der Waals surface area contributed by atoms with Crippen LogP contribution in [0.3, 0.4) is 0 Å². The number of benzene rings is 1. The first-order chi connectivity index (χ1) is 11.2. The summed E-state index contributed by atoms with van der Waals surface area (Å²) in [6, 6.07) is 7.86. The van der Waals surface area contributed by atoms with E-state index < -0.39 is 5.60 Å². The van der Waals surface area contributed by atoms with Crippen molar-refractivity contribution in [1.82, 2.24) is 4.90 Å². The predicted octanol–water partition coefficient (Wildman–Crippen LogP) is 3.80. The Kier molecular flexibility index (Phi) is 5.79. The molecule has 0 radical (unpaired) electrons. The molecule has 0 bridgehead atoms. The molecule has 1 aromatic carbocycles. The Hall–Kier alpha value is -1.71. The summed E-state index contributed by atoms with van der Waals surface area (Å²) < 4.78 is 6.02. The third-order valence-electron chi connectivity index (χ3n) is 5.01. The van der Waals surface area contributed by atoms with Crippen molar-refractivity contribution >= 4 is 11.6 Å². The largest absolute Gasteiger partial charge is 0.478 e. The van der Waals surface area contributed by atoms with Gasteiger partial charge >= 0.3 is 0 Å². The van der Waals surface area contributed by atoms with Gasteiger partial charge in [-0.25, -0.2) is 0 Å². The average molecular weight is 332 g/mol. The van der Waals surface area contributed by atoms with E-state index in [1.54, 1.807) is 0 Å². The van der Waals surface area contributed by atoms with Crippen molar-refractivity contribution in [2.45, 2.75) is 46.1 Å². The maximum absolute atomic E-state index is 12.9. The molecule has 0 aromatic heterocycles. The molecule has 0 aliphatic carbocycles. The van der Waals surface area contributed by atoms with E-state index in [1.165, 1.54) is 0 Å². The molecule has 0 spiro atoms. The molecule has 4 heteroatoms. The van der Waals surface area contributed by atoms with E-state index in [0.29, 0.717) is 5.92 Å². The van der Waals surface area contributed by atoms with Crippen LogP contribution in [0.5, 0.6) is 5.75 Å². The van der Waals surface area contributed by atoms with Crippen LogP contribution in [0.4, 0.5) is 5.69 Å². The van der Waals surface area contributed by atoms with E-state index in [1.807, 2.05) is 62.0 Å². The molecule has 134 valence electrons. The van der Waals surface area contributed by atoms with Gasteiger partial charge in [0, 0.05) is 32.9 Å². The molecule has 1 aromatic rings. The van der Waals surface area contributed by atoms with Gasteiger partial charge in [0.2, 0.25) is 0 Å². The van der Waals surface area contributed by atoms with E-state index in [4.69, 9.17) is 4.74 Å². The summed E-state index contributed by atoms with van der Waals surface area (Å²) in [6.07, 6.45) is 2.19. The summed E-state index contributed by atoms with van der Waals surface area (Å²) in [5, 5.41) is 0. The maximum atomic E-state index is 12.9. The molecule has 2 rings (SSSR count). The van der Waals surface area contributed by atoms with Gasteiger partial charge < -0.3 is 14.5 Å². The highest BCUT2D eigenvalue weighted by atomic mass is 16.5. The Labute approximate surface area is 146 Å². The lowest BCUT2D eigenvalue weighted by molar-refractivity contribution is -0.147. The highest BCUT2D eigenvalue weighted by Crippen LogP contribution is 2.28. The van der Waals surface area contributed by atoms with Crippen LogP contribution in [0.25, 0.3) is 0 Å². The highest BCUT2D eigenvalue weighted by Gasteiger charge is 2.36. The molecule has 1 saturated heterocycles. The number of carbonyl (C=O) groups is 1. The second-order valence-electron chi connectivity index (χ2n) is 7.87. The number of rotatable bonds is 5. The third-order valence-corrected chi connectivity index (χ3v) is 5.01. The normalized spacial score (nSPS) is 16.4. The lowest BCUT2D eigenvalue weighted by Gasteiger charge is -2.38. The summed E-state index contributed by atoms with van der Waals surface area (Å²) in [6.45, 7) is 9.95. The van der Waals surface area contributed by atoms with Crippen LogP contribution in [0, 0.1) is 11.8 Å². The van der Waals surface area contributed by atoms with E-state index in [0.717, 1.165) is 43.3 Å². The van der Waals surface area contributed by atoms with Crippen LogP contribution in [0.15, 0.2) is 24.3 Å². The van der Waals surface area contributed by atoms with Crippen molar-refractivity contribution in [3.05, 3.63) is 24.3 Å². The molecule has 0 saturated carbocycles. The first-order valence-corrected chi connectivity index (χ1v) is 8.96. The summed E-state index contributed by atoms with van der Waals surface area (Å²) >= 11 is 0. The topological polar surface area (TPSA) is 32.8 Å². The number of likely N-dealkylation sites (tertiary alicyclic amines) is 1. The van der Waals surface area contributed by atoms with E-state index in [-0.39, 0.29) is 5.91 Å². The van der Waals surface area contributed by atoms with Crippen LogP contribution in [-0.4, -0.2) is 43.6 Å². The van der Waals surface area contributed by atoms with E-state index in [2.05, 4.69) is 13.8 Å². The number of nitrogens with zero attached hydrogens (tertiary/aromatic N) is 2. The van der Waals surface area contributed by atoms with E-state index in [9.17, 15) is 4.79 Å². The van der Waals surface area contributed by atoms with Crippen molar-refractivity contribution in [3.8, 4) is 5.75 Å². The average Bonchev–Trinajstić information content (AvgIpc) is 2.54. The van der Waals surface area contributed by atoms with Gasteiger partial charge in [0.05, 0.1) is 0 Å². The first kappa shape index (κ1) is 18.6. The molecule has 0 N–H and O–H groups in total. The van der Waals surface area contributed by atoms with Gasteiger partial charge in [0.15, 0.2) is 5.60 Å². The Bertz CT molecular complexity index is 541. The lowest BCUT2D eigenvalue weighted by Crippen LogP contribution is -2.51. The Morgan fingerprint density at radius 3 is 2.17 bits per heavy atom. The summed E-state index contributed by atoms with van der Waals surface area (Å²) in [7, 11) is 4.01. The standard InChI is InChI=1S/C20H32N2O2/c1-15(2)16-11-13-22(14-12-16)19(23)20(3,4)24-18-9-7-17(8-10-18)21(5)6/h7-10,15-16H,11-14H2,1-6H3. The number of hydrogen-bond acceptors (Lipinski definition) is 3. The van der Waals surface area contributed by atoms with Gasteiger partial charge in [-0.15, -0.1) is 0 Å². The van der Waals surface area contributed by atoms with E-state index >= 15 is 0 Å². The van der Waals surface area contributed by atoms with Crippen molar-refractivity contribution in [2.75, 3.05) is 32.1 Å². The van der Waals surface area contributed by atoms with Crippen molar-refractivity contribution in [3.63, 3.8) is 0 Å². The fourth-order valence-corrected chi connectivity index (χ4v) is 3.30. The summed E-state index contributed by atoms with van der Waals surface area (Å²) in [5.74, 6) is 2.25. The molecular formula is C20H32N2O2. The van der Waals surface area contributed by atoms with Crippen molar-refractivity contribution in [2.24, 2.45) is 11.8 Å². The molecule has 1 fully saturated rings. The van der Waals surface area contributed by atoms with Crippen LogP contribution >= 0.6 is 0 Å². The number of carbonyl (C=O) groups excluding carboxylic acids is 1. The summed E-state index contributed by atoms with van der Waals surface area (Å²) in [4.78, 5) is 16.9. The van der Waals surface area contributed by atoms with Gasteiger partial charge in [0.25, 0.3) is 5.91 Å². The lowest BCUT2D eigenvalue weighted by atomic mass is 9.86. The molecule has 0 atom stereocenters. The third kappa shape index (κ3) is 4.43. The van der Waals surface area contributed by atoms with Gasteiger partial charge in [-0.05, 0) is 62.8 Å². The first-order valence-electron chi connectivity index (χ1n) is 8.96.